The molecule has 0 bridgehead atoms. The molecule has 2 aromatic rings. The third-order valence-electron chi connectivity index (χ3n) is 4.85. The van der Waals surface area contributed by atoms with Gasteiger partial charge in [0.15, 0.2) is 0 Å². The van der Waals surface area contributed by atoms with Crippen LogP contribution in [-0.2, 0) is 0 Å². The van der Waals surface area contributed by atoms with Crippen LogP contribution in [0.5, 0.6) is 0 Å². The smallest absolute Gasteiger partial charge is 0.279 e. The Kier molecular flexibility index (Phi) is 7.30. The van der Waals surface area contributed by atoms with Crippen LogP contribution in [0.15, 0.2) is 60.7 Å². The minimum atomic E-state index is 0.494. The Morgan fingerprint density at radius 2 is 0.833 bits per heavy atom. The first-order valence-corrected chi connectivity index (χ1v) is 9.45. The van der Waals surface area contributed by atoms with Gasteiger partial charge in [-0.2, -0.15) is 0 Å². The zero-order chi connectivity index (χ0) is 17.4. The Labute approximate surface area is 149 Å². The molecule has 0 heterocycles. The lowest BCUT2D eigenvalue weighted by Gasteiger charge is -2.46. The molecule has 0 radical (unpaired) electrons. The van der Waals surface area contributed by atoms with E-state index < -0.39 is 0 Å². The third kappa shape index (κ3) is 4.17. The summed E-state index contributed by atoms with van der Waals surface area (Å²) in [4.78, 5) is 5.07. The highest BCUT2D eigenvalue weighted by Crippen LogP contribution is 2.28. The summed E-state index contributed by atoms with van der Waals surface area (Å²) in [5, 5.41) is 0. The predicted octanol–water partition coefficient (Wildman–Crippen LogP) is 5.98. The van der Waals surface area contributed by atoms with Gasteiger partial charge >= 0.3 is 0 Å². The van der Waals surface area contributed by atoms with Gasteiger partial charge in [-0.15, -0.1) is 0 Å². The van der Waals surface area contributed by atoms with Crippen molar-refractivity contribution in [2.45, 2.75) is 53.0 Å². The van der Waals surface area contributed by atoms with Crippen LogP contribution in [-0.4, -0.2) is 13.7 Å². The molecular weight excluding hydrogens is 290 g/mol. The van der Waals surface area contributed by atoms with E-state index in [0.717, 1.165) is 25.3 Å². The van der Waals surface area contributed by atoms with Crippen molar-refractivity contribution in [2.24, 2.45) is 0 Å². The number of benzene rings is 2. The fourth-order valence-corrected chi connectivity index (χ4v) is 3.45. The molecule has 24 heavy (non-hydrogen) atoms. The minimum absolute atomic E-state index is 0.494. The van der Waals surface area contributed by atoms with E-state index in [1.54, 1.807) is 0 Å². The normalized spacial score (nSPS) is 10.3. The predicted molar refractivity (Wildman–Crippen MR) is 111 cm³/mol. The van der Waals surface area contributed by atoms with E-state index in [1.165, 1.54) is 11.4 Å². The van der Waals surface area contributed by atoms with E-state index in [9.17, 15) is 0 Å². The molecule has 0 amide bonds. The summed E-state index contributed by atoms with van der Waals surface area (Å²) in [5.41, 5.74) is 2.56. The van der Waals surface area contributed by atoms with Crippen molar-refractivity contribution in [2.75, 3.05) is 9.84 Å². The van der Waals surface area contributed by atoms with Gasteiger partial charge in [0.05, 0.1) is 0 Å². The molecule has 4 heteroatoms. The molecule has 0 atom stereocenters. The first kappa shape index (κ1) is 18.5. The second-order valence-corrected chi connectivity index (χ2v) is 6.30. The van der Waals surface area contributed by atoms with Crippen LogP contribution in [0.3, 0.4) is 0 Å². The molecule has 2 nitrogen and oxygen atoms in total. The lowest BCUT2D eigenvalue weighted by molar-refractivity contribution is 1.03. The van der Waals surface area contributed by atoms with E-state index in [2.05, 4.69) is 98.2 Å². The van der Waals surface area contributed by atoms with E-state index >= 15 is 0 Å². The first-order chi connectivity index (χ1) is 11.8. The highest BCUT2D eigenvalue weighted by atomic mass is 15.6. The molecule has 0 aliphatic carbocycles. The van der Waals surface area contributed by atoms with E-state index in [0.29, 0.717) is 13.7 Å². The summed E-state index contributed by atoms with van der Waals surface area (Å²) in [7, 11) is 0. The van der Waals surface area contributed by atoms with Gasteiger partial charge < -0.3 is 9.84 Å². The van der Waals surface area contributed by atoms with Crippen LogP contribution in [0.1, 0.15) is 27.7 Å². The highest BCUT2D eigenvalue weighted by molar-refractivity contribution is 6.70. The molecular formula is C20H30B2N2. The lowest BCUT2D eigenvalue weighted by atomic mass is 9.52. The number of hydrogen-bond donors (Lipinski definition) is 0. The Hall–Kier alpha value is -1.83. The van der Waals surface area contributed by atoms with Gasteiger partial charge in [-0.3, -0.25) is 0 Å². The lowest BCUT2D eigenvalue weighted by Crippen LogP contribution is -2.58. The van der Waals surface area contributed by atoms with Crippen molar-refractivity contribution in [3.63, 3.8) is 0 Å². The molecule has 0 saturated heterocycles. The molecule has 0 fully saturated rings. The number of rotatable bonds is 9. The molecule has 0 unspecified atom stereocenters. The molecule has 0 spiro atoms. The number of hydrazine groups is 1. The third-order valence-corrected chi connectivity index (χ3v) is 4.85. The maximum absolute atomic E-state index is 2.53. The van der Waals surface area contributed by atoms with Crippen LogP contribution >= 0.6 is 0 Å². The standard InChI is InChI=1S/C20H30B2N2/c1-5-21(6-2)23(19-15-11-9-12-16-19)24(22(7-3)8-4)20-17-13-10-14-18-20/h9-18H,5-8H2,1-4H3. The highest BCUT2D eigenvalue weighted by Gasteiger charge is 2.31. The maximum Gasteiger partial charge on any atom is 0.279 e. The molecule has 0 N–H and O–H groups in total. The summed E-state index contributed by atoms with van der Waals surface area (Å²) in [6, 6.07) is 21.7. The molecule has 0 aliphatic rings. The largest absolute Gasteiger partial charge is 0.342 e. The zero-order valence-electron chi connectivity index (χ0n) is 15.7. The molecule has 0 aromatic heterocycles. The average molecular weight is 320 g/mol. The summed E-state index contributed by atoms with van der Waals surface area (Å²) in [6.07, 6.45) is 4.54. The SMILES string of the molecule is CCB(CC)N(c1ccccc1)N(B(CC)CC)c1ccccc1. The Bertz CT molecular complexity index is 515. The number of para-hydroxylation sites is 2. The average Bonchev–Trinajstić information content (AvgIpc) is 2.66. The van der Waals surface area contributed by atoms with Gasteiger partial charge in [0, 0.05) is 11.4 Å². The van der Waals surface area contributed by atoms with Gasteiger partial charge in [-0.25, -0.2) is 0 Å². The molecule has 2 rings (SSSR count). The Balaban J connectivity index is 2.55. The number of hydrogen-bond acceptors (Lipinski definition) is 2. The Morgan fingerprint density at radius 3 is 1.08 bits per heavy atom. The summed E-state index contributed by atoms with van der Waals surface area (Å²) < 4.78 is 0. The zero-order valence-corrected chi connectivity index (χ0v) is 15.7. The van der Waals surface area contributed by atoms with Crippen LogP contribution < -0.4 is 9.84 Å². The van der Waals surface area contributed by atoms with Crippen molar-refractivity contribution in [1.29, 1.82) is 0 Å². The minimum Gasteiger partial charge on any atom is -0.342 e. The van der Waals surface area contributed by atoms with E-state index in [1.807, 2.05) is 0 Å². The van der Waals surface area contributed by atoms with Gasteiger partial charge in [-0.1, -0.05) is 89.4 Å². The summed E-state index contributed by atoms with van der Waals surface area (Å²) in [6.45, 7) is 10.2. The monoisotopic (exact) mass is 320 g/mol. The van der Waals surface area contributed by atoms with Crippen molar-refractivity contribution in [1.82, 2.24) is 0 Å². The fourth-order valence-electron chi connectivity index (χ4n) is 3.45. The van der Waals surface area contributed by atoms with Crippen LogP contribution in [0.2, 0.25) is 25.3 Å². The van der Waals surface area contributed by atoms with Gasteiger partial charge in [0.25, 0.3) is 13.7 Å². The van der Waals surface area contributed by atoms with Crippen molar-refractivity contribution < 1.29 is 0 Å². The van der Waals surface area contributed by atoms with Crippen LogP contribution in [0.25, 0.3) is 0 Å². The van der Waals surface area contributed by atoms with Crippen LogP contribution in [0, 0.1) is 0 Å². The van der Waals surface area contributed by atoms with Crippen molar-refractivity contribution in [3.8, 4) is 0 Å². The van der Waals surface area contributed by atoms with Crippen molar-refractivity contribution in [3.05, 3.63) is 60.7 Å². The molecule has 2 aromatic carbocycles. The first-order valence-electron chi connectivity index (χ1n) is 9.45. The molecule has 0 saturated carbocycles. The quantitative estimate of drug-likeness (QED) is 0.414. The topological polar surface area (TPSA) is 6.48 Å². The summed E-state index contributed by atoms with van der Waals surface area (Å²) in [5.74, 6) is 0. The summed E-state index contributed by atoms with van der Waals surface area (Å²) >= 11 is 0. The van der Waals surface area contributed by atoms with Gasteiger partial charge in [0.2, 0.25) is 0 Å². The maximum atomic E-state index is 2.53. The van der Waals surface area contributed by atoms with Gasteiger partial charge in [0.1, 0.15) is 0 Å². The second-order valence-electron chi connectivity index (χ2n) is 6.30. The second kappa shape index (κ2) is 9.46. The van der Waals surface area contributed by atoms with E-state index in [-0.39, 0.29) is 0 Å². The fraction of sp³-hybridized carbons (Fsp3) is 0.400. The molecule has 0 aliphatic heterocycles. The van der Waals surface area contributed by atoms with E-state index in [4.69, 9.17) is 0 Å². The molecule has 126 valence electrons. The number of anilines is 2. The van der Waals surface area contributed by atoms with Crippen LogP contribution in [0.4, 0.5) is 11.4 Å². The number of nitrogens with zero attached hydrogens (tertiary/aromatic N) is 2. The Morgan fingerprint density at radius 1 is 0.542 bits per heavy atom. The van der Waals surface area contributed by atoms with Gasteiger partial charge in [-0.05, 0) is 24.3 Å². The van der Waals surface area contributed by atoms with Crippen molar-refractivity contribution >= 4 is 25.1 Å².